The first-order valence-electron chi connectivity index (χ1n) is 7.38. The van der Waals surface area contributed by atoms with E-state index in [-0.39, 0.29) is 5.92 Å². The van der Waals surface area contributed by atoms with Crippen molar-refractivity contribution in [3.05, 3.63) is 23.0 Å². The number of nitrogens with one attached hydrogen (secondary N) is 1. The molecule has 0 amide bonds. The average Bonchev–Trinajstić information content (AvgIpc) is 3.05. The molecule has 2 aliphatic rings. The molecule has 3 atom stereocenters. The van der Waals surface area contributed by atoms with Gasteiger partial charge in [0, 0.05) is 41.7 Å². The van der Waals surface area contributed by atoms with Crippen LogP contribution in [0, 0.1) is 19.8 Å². The van der Waals surface area contributed by atoms with E-state index in [0.717, 1.165) is 35.4 Å². The van der Waals surface area contributed by atoms with Crippen molar-refractivity contribution < 1.29 is 9.53 Å². The van der Waals surface area contributed by atoms with Crippen LogP contribution in [0.4, 0.5) is 0 Å². The number of hydrogen-bond donors (Lipinski definition) is 1. The van der Waals surface area contributed by atoms with Gasteiger partial charge in [-0.25, -0.2) is 0 Å². The van der Waals surface area contributed by atoms with Gasteiger partial charge in [0.2, 0.25) is 0 Å². The zero-order valence-electron chi connectivity index (χ0n) is 12.4. The van der Waals surface area contributed by atoms with Gasteiger partial charge in [-0.3, -0.25) is 9.78 Å². The fourth-order valence-electron chi connectivity index (χ4n) is 3.73. The van der Waals surface area contributed by atoms with Crippen LogP contribution in [-0.2, 0) is 11.2 Å². The highest BCUT2D eigenvalue weighted by molar-refractivity contribution is 5.84. The van der Waals surface area contributed by atoms with E-state index in [9.17, 15) is 4.79 Å². The SMILES string of the molecule is COc1c(C)cnc(CC(=O)C2CC3CCC2N3)c1C. The summed E-state index contributed by atoms with van der Waals surface area (Å²) in [6.45, 7) is 3.96. The van der Waals surface area contributed by atoms with Crippen LogP contribution in [0.25, 0.3) is 0 Å². The summed E-state index contributed by atoms with van der Waals surface area (Å²) in [5.41, 5.74) is 2.87. The minimum absolute atomic E-state index is 0.183. The monoisotopic (exact) mass is 274 g/mol. The predicted octanol–water partition coefficient (Wildman–Crippen LogP) is 1.96. The van der Waals surface area contributed by atoms with Crippen molar-refractivity contribution >= 4 is 5.78 Å². The lowest BCUT2D eigenvalue weighted by Crippen LogP contribution is -2.30. The fraction of sp³-hybridized carbons (Fsp3) is 0.625. The second-order valence-corrected chi connectivity index (χ2v) is 6.08. The molecule has 2 bridgehead atoms. The molecule has 2 saturated heterocycles. The molecule has 3 heterocycles. The third kappa shape index (κ3) is 2.22. The summed E-state index contributed by atoms with van der Waals surface area (Å²) in [7, 11) is 1.67. The van der Waals surface area contributed by atoms with Crippen molar-refractivity contribution in [2.45, 2.75) is 51.6 Å². The lowest BCUT2D eigenvalue weighted by Gasteiger charge is -2.19. The first-order valence-corrected chi connectivity index (χ1v) is 7.38. The molecule has 0 spiro atoms. The Hall–Kier alpha value is -1.42. The van der Waals surface area contributed by atoms with Crippen molar-refractivity contribution in [3.63, 3.8) is 0 Å². The maximum atomic E-state index is 12.5. The number of nitrogens with zero attached hydrogens (tertiary/aromatic N) is 1. The topological polar surface area (TPSA) is 51.2 Å². The highest BCUT2D eigenvalue weighted by Crippen LogP contribution is 2.34. The molecule has 0 aliphatic carbocycles. The van der Waals surface area contributed by atoms with Gasteiger partial charge >= 0.3 is 0 Å². The Labute approximate surface area is 119 Å². The molecule has 1 aromatic rings. The molecule has 0 saturated carbocycles. The van der Waals surface area contributed by atoms with Gasteiger partial charge in [-0.1, -0.05) is 0 Å². The third-order valence-corrected chi connectivity index (χ3v) is 4.81. The molecule has 4 nitrogen and oxygen atoms in total. The summed E-state index contributed by atoms with van der Waals surface area (Å²) in [6.07, 6.45) is 5.60. The second-order valence-electron chi connectivity index (χ2n) is 6.08. The van der Waals surface area contributed by atoms with E-state index in [2.05, 4.69) is 10.3 Å². The van der Waals surface area contributed by atoms with E-state index in [1.54, 1.807) is 13.3 Å². The van der Waals surface area contributed by atoms with Crippen LogP contribution in [0.1, 0.15) is 36.1 Å². The van der Waals surface area contributed by atoms with Gasteiger partial charge < -0.3 is 10.1 Å². The van der Waals surface area contributed by atoms with Gasteiger partial charge in [0.15, 0.2) is 0 Å². The number of pyridine rings is 1. The Bertz CT molecular complexity index is 542. The van der Waals surface area contributed by atoms with Gasteiger partial charge in [0.1, 0.15) is 11.5 Å². The van der Waals surface area contributed by atoms with Crippen LogP contribution in [-0.4, -0.2) is 30.0 Å². The van der Waals surface area contributed by atoms with Crippen LogP contribution in [0.2, 0.25) is 0 Å². The number of aryl methyl sites for hydroxylation is 1. The molecule has 3 unspecified atom stereocenters. The standard InChI is InChI=1S/C16H22N2O2/c1-9-8-17-14(10(2)16(9)20-3)7-15(19)12-6-11-4-5-13(12)18-11/h8,11-13,18H,4-7H2,1-3H3. The normalized spacial score (nSPS) is 27.9. The van der Waals surface area contributed by atoms with Gasteiger partial charge in [0.25, 0.3) is 0 Å². The lowest BCUT2D eigenvalue weighted by molar-refractivity contribution is -0.122. The Balaban J connectivity index is 1.76. The Morgan fingerprint density at radius 2 is 2.25 bits per heavy atom. The minimum Gasteiger partial charge on any atom is -0.496 e. The van der Waals surface area contributed by atoms with Crippen molar-refractivity contribution in [2.75, 3.05) is 7.11 Å². The molecule has 1 aromatic heterocycles. The number of carbonyl (C=O) groups is 1. The van der Waals surface area contributed by atoms with Crippen LogP contribution in [0.5, 0.6) is 5.75 Å². The molecule has 2 aliphatic heterocycles. The molecule has 4 heteroatoms. The number of hydrogen-bond acceptors (Lipinski definition) is 4. The average molecular weight is 274 g/mol. The van der Waals surface area contributed by atoms with Crippen molar-refractivity contribution in [1.29, 1.82) is 0 Å². The summed E-state index contributed by atoms with van der Waals surface area (Å²) in [6, 6.07) is 0.968. The van der Waals surface area contributed by atoms with Crippen LogP contribution < -0.4 is 10.1 Å². The number of carbonyl (C=O) groups excluding carboxylic acids is 1. The number of ketones is 1. The minimum atomic E-state index is 0.183. The highest BCUT2D eigenvalue weighted by Gasteiger charge is 2.42. The van der Waals surface area contributed by atoms with E-state index in [4.69, 9.17) is 4.74 Å². The molecule has 108 valence electrons. The van der Waals surface area contributed by atoms with Crippen LogP contribution >= 0.6 is 0 Å². The molecular weight excluding hydrogens is 252 g/mol. The van der Waals surface area contributed by atoms with E-state index < -0.39 is 0 Å². The van der Waals surface area contributed by atoms with Crippen molar-refractivity contribution in [1.82, 2.24) is 10.3 Å². The number of fused-ring (bicyclic) bond motifs is 2. The summed E-state index contributed by atoms with van der Waals surface area (Å²) in [4.78, 5) is 17.0. The smallest absolute Gasteiger partial charge is 0.143 e. The summed E-state index contributed by atoms with van der Waals surface area (Å²) in [5.74, 6) is 1.36. The summed E-state index contributed by atoms with van der Waals surface area (Å²) in [5, 5.41) is 3.52. The van der Waals surface area contributed by atoms with E-state index in [1.807, 2.05) is 13.8 Å². The largest absolute Gasteiger partial charge is 0.496 e. The Morgan fingerprint density at radius 3 is 2.85 bits per heavy atom. The Morgan fingerprint density at radius 1 is 1.45 bits per heavy atom. The number of aromatic nitrogens is 1. The highest BCUT2D eigenvalue weighted by atomic mass is 16.5. The van der Waals surface area contributed by atoms with Gasteiger partial charge in [-0.05, 0) is 33.1 Å². The molecule has 2 fully saturated rings. The Kier molecular flexibility index (Phi) is 3.50. The van der Waals surface area contributed by atoms with Crippen LogP contribution in [0.3, 0.4) is 0 Å². The van der Waals surface area contributed by atoms with E-state index >= 15 is 0 Å². The summed E-state index contributed by atoms with van der Waals surface area (Å²) < 4.78 is 5.41. The molecular formula is C16H22N2O2. The van der Waals surface area contributed by atoms with E-state index in [1.165, 1.54) is 6.42 Å². The van der Waals surface area contributed by atoms with Gasteiger partial charge in [-0.2, -0.15) is 0 Å². The maximum Gasteiger partial charge on any atom is 0.143 e. The zero-order chi connectivity index (χ0) is 14.3. The van der Waals surface area contributed by atoms with Crippen molar-refractivity contribution in [2.24, 2.45) is 5.92 Å². The maximum absolute atomic E-state index is 12.5. The summed E-state index contributed by atoms with van der Waals surface area (Å²) >= 11 is 0. The first-order chi connectivity index (χ1) is 9.60. The van der Waals surface area contributed by atoms with E-state index in [0.29, 0.717) is 24.3 Å². The quantitative estimate of drug-likeness (QED) is 0.912. The molecule has 20 heavy (non-hydrogen) atoms. The second kappa shape index (κ2) is 5.17. The number of ether oxygens (including phenoxy) is 1. The number of methoxy groups -OCH3 is 1. The fourth-order valence-corrected chi connectivity index (χ4v) is 3.73. The number of Topliss-reactive ketones (excluding diaryl/α,β-unsaturated/α-hetero) is 1. The van der Waals surface area contributed by atoms with Crippen molar-refractivity contribution in [3.8, 4) is 5.75 Å². The van der Waals surface area contributed by atoms with Gasteiger partial charge in [-0.15, -0.1) is 0 Å². The van der Waals surface area contributed by atoms with Crippen LogP contribution in [0.15, 0.2) is 6.20 Å². The molecule has 0 radical (unpaired) electrons. The lowest BCUT2D eigenvalue weighted by atomic mass is 9.84. The first kappa shape index (κ1) is 13.6. The predicted molar refractivity (Wildman–Crippen MR) is 77.0 cm³/mol. The van der Waals surface area contributed by atoms with Gasteiger partial charge in [0.05, 0.1) is 12.8 Å². The molecule has 0 aromatic carbocycles. The number of rotatable bonds is 4. The third-order valence-electron chi connectivity index (χ3n) is 4.81. The zero-order valence-corrected chi connectivity index (χ0v) is 12.4. The molecule has 3 rings (SSSR count). The molecule has 1 N–H and O–H groups in total.